The molecule has 2 fully saturated rings. The van der Waals surface area contributed by atoms with Crippen molar-refractivity contribution in [2.75, 3.05) is 63.6 Å². The number of nitrogens with two attached hydrogens (primary N) is 1. The van der Waals surface area contributed by atoms with Gasteiger partial charge in [-0.15, -0.1) is 0 Å². The number of pyridine rings is 2. The van der Waals surface area contributed by atoms with E-state index in [0.717, 1.165) is 75.4 Å². The number of piperidine rings is 1. The molecule has 33 heteroatoms. The number of nitrogens with zero attached hydrogens (tertiary/aromatic N) is 6. The number of sulfonamides is 3. The van der Waals surface area contributed by atoms with Gasteiger partial charge in [0.15, 0.2) is 6.30 Å². The highest BCUT2D eigenvalue weighted by Crippen LogP contribution is 2.43. The van der Waals surface area contributed by atoms with Crippen molar-refractivity contribution in [3.63, 3.8) is 0 Å². The molecule has 2 aromatic heterocycles. The van der Waals surface area contributed by atoms with E-state index < -0.39 is 165 Å². The third kappa shape index (κ3) is 17.6. The number of alkyl halides is 7. The highest BCUT2D eigenvalue weighted by atomic mass is 35.5. The number of hydrogen-bond donors (Lipinski definition) is 4. The van der Waals surface area contributed by atoms with Crippen LogP contribution in [0.3, 0.4) is 0 Å². The molecule has 4 aromatic carbocycles. The maximum absolute atomic E-state index is 17.5. The average molecular weight is 1450 g/mol. The third-order valence-corrected chi connectivity index (χ3v) is 20.0. The van der Waals surface area contributed by atoms with Gasteiger partial charge in [-0.2, -0.15) is 26.3 Å². The van der Waals surface area contributed by atoms with E-state index >= 15 is 27.2 Å². The predicted octanol–water partition coefficient (Wildman–Crippen LogP) is 11.7. The van der Waals surface area contributed by atoms with E-state index in [0.29, 0.717) is 96.9 Å². The molecule has 19 nitrogen and oxygen atoms in total. The molecule has 0 aliphatic carbocycles. The Morgan fingerprint density at radius 1 is 0.711 bits per heavy atom. The minimum Gasteiger partial charge on any atom is -0.368 e. The zero-order chi connectivity index (χ0) is 71.7. The van der Waals surface area contributed by atoms with E-state index in [4.69, 9.17) is 17.3 Å². The first-order valence-electron chi connectivity index (χ1n) is 30.3. The van der Waals surface area contributed by atoms with Crippen molar-refractivity contribution in [2.45, 2.75) is 121 Å². The average Bonchev–Trinajstić information content (AvgIpc) is 0.772. The molecule has 0 radical (unpaired) electrons. The largest absolute Gasteiger partial charge is 0.433 e. The number of rotatable bonds is 23. The minimum atomic E-state index is -5.01. The van der Waals surface area contributed by atoms with Crippen LogP contribution in [0.15, 0.2) is 97.2 Å². The summed E-state index contributed by atoms with van der Waals surface area (Å²) in [4.78, 5) is 57.0. The number of anilines is 4. The molecular formula is C64H71ClF10N10O9S3. The Morgan fingerprint density at radius 2 is 1.30 bits per heavy atom. The fraction of sp³-hybridized carbons (Fsp3) is 0.422. The SMILES string of the molecule is CC1CCN(C(F)c2ccc(CC(C)(C(N)=O)N(c3ccc(C(C)C(=O)N(Cc4ncc(C(F)(F)F)cc4Cl)C(C)(C(=O)NCc4ccc(C(F)(F)F)nc4N4CCCCCC4)c4ccc(NS(C)(=O)=O)c(F)c4)cc3F)S(C)(=O)=O)c(-c3ccc(NS(C)(=O)=O)c(F)c3)c2)CC1. The van der Waals surface area contributed by atoms with Gasteiger partial charge >= 0.3 is 12.4 Å². The van der Waals surface area contributed by atoms with E-state index in [1.807, 2.05) is 16.4 Å². The highest BCUT2D eigenvalue weighted by molar-refractivity contribution is 7.92. The van der Waals surface area contributed by atoms with Crippen LogP contribution in [0, 0.1) is 23.4 Å². The molecule has 526 valence electrons. The van der Waals surface area contributed by atoms with Crippen LogP contribution in [0.4, 0.5) is 66.8 Å². The van der Waals surface area contributed by atoms with Crippen molar-refractivity contribution in [1.29, 1.82) is 0 Å². The van der Waals surface area contributed by atoms with Crippen LogP contribution >= 0.6 is 11.6 Å². The fourth-order valence-corrected chi connectivity index (χ4v) is 14.6. The van der Waals surface area contributed by atoms with E-state index in [1.54, 1.807) is 9.80 Å². The number of primary amides is 1. The van der Waals surface area contributed by atoms with Gasteiger partial charge in [0.25, 0.3) is 5.91 Å². The van der Waals surface area contributed by atoms with Gasteiger partial charge in [0.05, 0.1) is 64.6 Å². The van der Waals surface area contributed by atoms with Gasteiger partial charge < -0.3 is 20.9 Å². The number of carbonyl (C=O) groups excluding carboxylic acids is 3. The molecule has 0 saturated carbocycles. The first-order valence-corrected chi connectivity index (χ1v) is 36.3. The standard InChI is InChI=1S/C64H71ClF10N10O9S3/c1-37-22-26-82(27-23-37)56(69)41-12-13-42(46(28-41)40-14-18-51(48(66)30-40)80-95(5,89)90)33-61(3,59(76)87)85(97(7,93)94)54-20-15-39(29-50(54)68)38(2)58(86)84(36-53-47(65)31-45(35-77-53)63(70,71)72)62(4,44-17-19-52(49(67)32-44)81-96(6,91)92)60(88)78-34-43-16-21-55(64(73,74)75)79-57(43)83-24-10-8-9-11-25-83/h12-21,28-32,35,37-38,56,80-81H,8-11,22-27,33-34,36H2,1-7H3,(H2,76,87)(H,78,88). The fourth-order valence-electron chi connectivity index (χ4n) is 11.9. The Hall–Kier alpha value is -7.81. The first-order chi connectivity index (χ1) is 45.0. The van der Waals surface area contributed by atoms with E-state index in [-0.39, 0.29) is 52.3 Å². The molecule has 4 unspecified atom stereocenters. The quantitative estimate of drug-likeness (QED) is 0.0344. The van der Waals surface area contributed by atoms with Crippen LogP contribution in [-0.2, 0) is 81.9 Å². The number of benzene rings is 4. The van der Waals surface area contributed by atoms with Crippen LogP contribution in [0.1, 0.15) is 123 Å². The molecule has 3 amide bonds. The summed E-state index contributed by atoms with van der Waals surface area (Å²) in [6.45, 7) is 4.93. The molecule has 4 heterocycles. The molecule has 0 spiro atoms. The number of amides is 3. The van der Waals surface area contributed by atoms with Gasteiger partial charge in [0.1, 0.15) is 40.0 Å². The first kappa shape index (κ1) is 75.0. The second kappa shape index (κ2) is 28.9. The Kier molecular flexibility index (Phi) is 22.4. The predicted molar refractivity (Wildman–Crippen MR) is 346 cm³/mol. The van der Waals surface area contributed by atoms with Crippen LogP contribution in [0.25, 0.3) is 11.1 Å². The normalized spacial score (nSPS) is 16.7. The van der Waals surface area contributed by atoms with Crippen LogP contribution in [0.2, 0.25) is 5.02 Å². The van der Waals surface area contributed by atoms with Crippen LogP contribution in [-0.4, -0.2) is 113 Å². The van der Waals surface area contributed by atoms with Crippen molar-refractivity contribution < 1.29 is 83.5 Å². The molecule has 97 heavy (non-hydrogen) atoms. The smallest absolute Gasteiger partial charge is 0.368 e. The Morgan fingerprint density at radius 3 is 1.84 bits per heavy atom. The second-order valence-electron chi connectivity index (χ2n) is 24.8. The lowest BCUT2D eigenvalue weighted by molar-refractivity contribution is -0.149. The summed E-state index contributed by atoms with van der Waals surface area (Å²) in [5, 5.41) is 1.88. The van der Waals surface area contributed by atoms with Gasteiger partial charge in [-0.1, -0.05) is 67.8 Å². The number of halogens is 11. The summed E-state index contributed by atoms with van der Waals surface area (Å²) in [7, 11) is -13.1. The van der Waals surface area contributed by atoms with Crippen molar-refractivity contribution in [3.05, 3.63) is 164 Å². The van der Waals surface area contributed by atoms with Gasteiger partial charge in [-0.25, -0.2) is 47.8 Å². The summed E-state index contributed by atoms with van der Waals surface area (Å²) >= 11 is 6.48. The topological polar surface area (TPSA) is 254 Å². The van der Waals surface area contributed by atoms with Crippen molar-refractivity contribution in [3.8, 4) is 11.1 Å². The maximum atomic E-state index is 17.5. The Labute approximate surface area is 560 Å². The molecular weight excluding hydrogens is 1370 g/mol. The summed E-state index contributed by atoms with van der Waals surface area (Å²) in [5.74, 6) is -9.30. The molecule has 8 rings (SSSR count). The monoisotopic (exact) mass is 1440 g/mol. The van der Waals surface area contributed by atoms with Gasteiger partial charge in [0, 0.05) is 56.5 Å². The summed E-state index contributed by atoms with van der Waals surface area (Å²) < 4.78 is 233. The molecule has 2 aliphatic rings. The lowest BCUT2D eigenvalue weighted by Crippen LogP contribution is -2.59. The lowest BCUT2D eigenvalue weighted by Gasteiger charge is -2.42. The number of aromatic nitrogens is 2. The Balaban J connectivity index is 1.24. The number of likely N-dealkylation sites (tertiary alicyclic amines) is 1. The van der Waals surface area contributed by atoms with Gasteiger partial charge in [-0.05, 0) is 135 Å². The summed E-state index contributed by atoms with van der Waals surface area (Å²) in [6.07, 6.45) is -5.91. The van der Waals surface area contributed by atoms with Crippen molar-refractivity contribution >= 4 is 82.3 Å². The van der Waals surface area contributed by atoms with Crippen LogP contribution in [0.5, 0.6) is 0 Å². The second-order valence-corrected chi connectivity index (χ2v) is 30.5. The third-order valence-electron chi connectivity index (χ3n) is 17.2. The van der Waals surface area contributed by atoms with E-state index in [2.05, 4.69) is 15.3 Å². The molecule has 0 bridgehead atoms. The molecule has 6 aromatic rings. The van der Waals surface area contributed by atoms with E-state index in [1.165, 1.54) is 31.2 Å². The zero-order valence-corrected chi connectivity index (χ0v) is 56.7. The maximum Gasteiger partial charge on any atom is 0.433 e. The van der Waals surface area contributed by atoms with Crippen LogP contribution < -0.4 is 29.7 Å². The number of carbonyl (C=O) groups is 3. The highest BCUT2D eigenvalue weighted by Gasteiger charge is 2.49. The number of hydrogen-bond acceptors (Lipinski definition) is 13. The molecule has 2 aliphatic heterocycles. The summed E-state index contributed by atoms with van der Waals surface area (Å²) in [5.41, 5.74) is -4.83. The van der Waals surface area contributed by atoms with Crippen molar-refractivity contribution in [1.82, 2.24) is 25.1 Å². The van der Waals surface area contributed by atoms with Gasteiger partial charge in [-0.3, -0.25) is 38.0 Å². The minimum absolute atomic E-state index is 0.00123. The lowest BCUT2D eigenvalue weighted by atomic mass is 9.85. The zero-order valence-electron chi connectivity index (χ0n) is 53.5. The van der Waals surface area contributed by atoms with Gasteiger partial charge in [0.2, 0.25) is 41.9 Å². The van der Waals surface area contributed by atoms with Crippen molar-refractivity contribution in [2.24, 2.45) is 11.7 Å². The Bertz CT molecular complexity index is 4330. The summed E-state index contributed by atoms with van der Waals surface area (Å²) in [6, 6.07) is 14.7. The number of nitrogens with one attached hydrogen (secondary N) is 3. The van der Waals surface area contributed by atoms with E-state index in [9.17, 15) is 56.4 Å². The molecule has 5 N–H and O–H groups in total. The molecule has 4 atom stereocenters. The molecule has 2 saturated heterocycles.